The maximum absolute atomic E-state index is 13.4. The van der Waals surface area contributed by atoms with Crippen molar-refractivity contribution in [1.82, 2.24) is 16.0 Å². The van der Waals surface area contributed by atoms with Crippen LogP contribution in [0.5, 0.6) is 0 Å². The molecular weight excluding hydrogens is 478 g/mol. The number of hydrogen-bond acceptors (Lipinski definition) is 7. The predicted octanol–water partition coefficient (Wildman–Crippen LogP) is 4.14. The van der Waals surface area contributed by atoms with Crippen LogP contribution in [0.1, 0.15) is 50.3 Å². The highest BCUT2D eigenvalue weighted by atomic mass is 32.2. The smallest absolute Gasteiger partial charge is 0.407 e. The van der Waals surface area contributed by atoms with E-state index in [9.17, 15) is 18.0 Å². The van der Waals surface area contributed by atoms with Crippen molar-refractivity contribution in [2.75, 3.05) is 13.1 Å². The number of carboxylic acid groups (broad SMARTS) is 1. The summed E-state index contributed by atoms with van der Waals surface area (Å²) in [6.45, 7) is 5.76. The number of amides is 2. The van der Waals surface area contributed by atoms with Crippen molar-refractivity contribution >= 4 is 33.4 Å². The molecule has 1 aromatic carbocycles. The normalized spacial score (nSPS) is 13.6. The van der Waals surface area contributed by atoms with Gasteiger partial charge in [-0.1, -0.05) is 24.3 Å². The van der Waals surface area contributed by atoms with Crippen LogP contribution in [0.3, 0.4) is 0 Å². The van der Waals surface area contributed by atoms with Crippen molar-refractivity contribution < 1.29 is 27.9 Å². The van der Waals surface area contributed by atoms with Crippen molar-refractivity contribution in [3.05, 3.63) is 52.7 Å². The first kappa shape index (κ1) is 27.6. The summed E-state index contributed by atoms with van der Waals surface area (Å²) >= 11 is 1.34. The van der Waals surface area contributed by atoms with E-state index in [-0.39, 0.29) is 11.4 Å². The molecule has 0 bridgehead atoms. The molecule has 9 nitrogen and oxygen atoms in total. The number of nitrogens with one attached hydrogen (secondary N) is 3. The molecule has 0 aliphatic rings. The molecule has 0 radical (unpaired) electrons. The number of alkyl carbamates (subject to hydrolysis) is 1. The Balaban J connectivity index is 2.14. The molecule has 2 atom stereocenters. The van der Waals surface area contributed by atoms with E-state index < -0.39 is 39.0 Å². The van der Waals surface area contributed by atoms with Crippen LogP contribution >= 0.6 is 11.3 Å². The van der Waals surface area contributed by atoms with Gasteiger partial charge in [0, 0.05) is 24.0 Å². The molecule has 0 saturated carbocycles. The van der Waals surface area contributed by atoms with Gasteiger partial charge in [0.2, 0.25) is 0 Å². The quantitative estimate of drug-likeness (QED) is 0.315. The molecule has 4 N–H and O–H groups in total. The monoisotopic (exact) mass is 511 g/mol. The molecular formula is C23H33N3O6S2. The number of unbranched alkanes of at least 4 members (excludes halogenated alkanes) is 1. The minimum atomic E-state index is -3.74. The molecule has 34 heavy (non-hydrogen) atoms. The number of hydrogen-bond donors (Lipinski definition) is 4. The SMILES string of the molecule is CC(C)(C)OC(=O)N[C@@H](CCCCNC(=O)O)CNC(c1cccs1)S(=O)(=O)c1ccccc1. The lowest BCUT2D eigenvalue weighted by molar-refractivity contribution is 0.0500. The maximum atomic E-state index is 13.4. The van der Waals surface area contributed by atoms with E-state index in [2.05, 4.69) is 16.0 Å². The fourth-order valence-electron chi connectivity index (χ4n) is 3.21. The van der Waals surface area contributed by atoms with Crippen molar-refractivity contribution in [3.63, 3.8) is 0 Å². The Kier molecular flexibility index (Phi) is 10.3. The molecule has 188 valence electrons. The van der Waals surface area contributed by atoms with Crippen molar-refractivity contribution in [3.8, 4) is 0 Å². The Labute approximate surface area is 204 Å². The highest BCUT2D eigenvalue weighted by molar-refractivity contribution is 7.91. The molecule has 2 aromatic rings. The summed E-state index contributed by atoms with van der Waals surface area (Å²) in [5, 5.41) is 17.8. The number of carbonyl (C=O) groups excluding carboxylic acids is 1. The van der Waals surface area contributed by atoms with Crippen LogP contribution in [0.4, 0.5) is 9.59 Å². The number of thiophene rings is 1. The molecule has 0 aliphatic heterocycles. The third kappa shape index (κ3) is 9.32. The standard InChI is InChI=1S/C23H33N3O6S2/c1-23(2,3)32-22(29)26-17(10-7-8-14-24-21(27)28)16-25-20(19-13-9-15-33-19)34(30,31)18-11-5-4-6-12-18/h4-6,9,11-13,15,17,20,24-25H,7-8,10,14,16H2,1-3H3,(H,26,29)(H,27,28)/t17-,20?/m0/s1. The number of sulfone groups is 1. The molecule has 2 rings (SSSR count). The van der Waals surface area contributed by atoms with Crippen molar-refractivity contribution in [2.45, 2.75) is 61.9 Å². The lowest BCUT2D eigenvalue weighted by atomic mass is 10.1. The second kappa shape index (κ2) is 12.7. The Morgan fingerprint density at radius 2 is 1.79 bits per heavy atom. The van der Waals surface area contributed by atoms with Gasteiger partial charge in [-0.15, -0.1) is 11.3 Å². The van der Waals surface area contributed by atoms with Gasteiger partial charge in [-0.2, -0.15) is 0 Å². The number of benzene rings is 1. The minimum Gasteiger partial charge on any atom is -0.465 e. The summed E-state index contributed by atoms with van der Waals surface area (Å²) in [7, 11) is -3.74. The topological polar surface area (TPSA) is 134 Å². The van der Waals surface area contributed by atoms with E-state index in [1.807, 2.05) is 5.38 Å². The average molecular weight is 512 g/mol. The summed E-state index contributed by atoms with van der Waals surface area (Å²) in [5.41, 5.74) is -0.677. The van der Waals surface area contributed by atoms with Gasteiger partial charge in [-0.25, -0.2) is 18.0 Å². The van der Waals surface area contributed by atoms with Gasteiger partial charge in [0.05, 0.1) is 4.90 Å². The highest BCUT2D eigenvalue weighted by Crippen LogP contribution is 2.29. The van der Waals surface area contributed by atoms with Crippen LogP contribution in [0, 0.1) is 0 Å². The molecule has 1 aromatic heterocycles. The van der Waals surface area contributed by atoms with E-state index in [0.29, 0.717) is 30.7 Å². The lowest BCUT2D eigenvalue weighted by Gasteiger charge is -2.26. The summed E-state index contributed by atoms with van der Waals surface area (Å²) < 4.78 is 32.1. The van der Waals surface area contributed by atoms with Crippen LogP contribution < -0.4 is 16.0 Å². The van der Waals surface area contributed by atoms with Gasteiger partial charge >= 0.3 is 12.2 Å². The summed E-state index contributed by atoms with van der Waals surface area (Å²) in [6.07, 6.45) is 0.0276. The van der Waals surface area contributed by atoms with Crippen molar-refractivity contribution in [1.29, 1.82) is 0 Å². The third-order valence-corrected chi connectivity index (χ3v) is 7.77. The Morgan fingerprint density at radius 1 is 1.09 bits per heavy atom. The molecule has 0 saturated heterocycles. The van der Waals surface area contributed by atoms with E-state index in [0.717, 1.165) is 0 Å². The summed E-state index contributed by atoms with van der Waals surface area (Å²) in [4.78, 5) is 23.8. The maximum Gasteiger partial charge on any atom is 0.407 e. The van der Waals surface area contributed by atoms with Gasteiger partial charge in [0.1, 0.15) is 11.0 Å². The van der Waals surface area contributed by atoms with E-state index in [1.54, 1.807) is 63.2 Å². The minimum absolute atomic E-state index is 0.181. The fraction of sp³-hybridized carbons (Fsp3) is 0.478. The van der Waals surface area contributed by atoms with Gasteiger partial charge in [-0.05, 0) is 63.6 Å². The molecule has 0 spiro atoms. The first-order valence-corrected chi connectivity index (χ1v) is 13.4. The molecule has 11 heteroatoms. The van der Waals surface area contributed by atoms with Crippen LogP contribution in [-0.4, -0.2) is 50.4 Å². The zero-order valence-electron chi connectivity index (χ0n) is 19.6. The zero-order chi connectivity index (χ0) is 25.2. The van der Waals surface area contributed by atoms with Crippen LogP contribution in [0.25, 0.3) is 0 Å². The highest BCUT2D eigenvalue weighted by Gasteiger charge is 2.30. The van der Waals surface area contributed by atoms with E-state index in [1.165, 1.54) is 11.3 Å². The fourth-order valence-corrected chi connectivity index (χ4v) is 5.94. The Hall–Kier alpha value is -2.63. The molecule has 0 aliphatic carbocycles. The van der Waals surface area contributed by atoms with Crippen LogP contribution in [0.15, 0.2) is 52.7 Å². The molecule has 2 amide bonds. The van der Waals surface area contributed by atoms with Gasteiger partial charge in [0.15, 0.2) is 9.84 Å². The van der Waals surface area contributed by atoms with Gasteiger partial charge in [-0.3, -0.25) is 5.32 Å². The number of ether oxygens (including phenoxy) is 1. The molecule has 1 unspecified atom stereocenters. The summed E-state index contributed by atoms with van der Waals surface area (Å²) in [6, 6.07) is 11.4. The largest absolute Gasteiger partial charge is 0.465 e. The Morgan fingerprint density at radius 3 is 2.38 bits per heavy atom. The van der Waals surface area contributed by atoms with E-state index >= 15 is 0 Å². The number of carbonyl (C=O) groups is 2. The molecule has 1 heterocycles. The first-order chi connectivity index (χ1) is 16.0. The predicted molar refractivity (Wildman–Crippen MR) is 132 cm³/mol. The second-order valence-electron chi connectivity index (χ2n) is 8.73. The van der Waals surface area contributed by atoms with Gasteiger partial charge < -0.3 is 20.5 Å². The van der Waals surface area contributed by atoms with E-state index in [4.69, 9.17) is 9.84 Å². The average Bonchev–Trinajstić information content (AvgIpc) is 3.26. The Bertz CT molecular complexity index is 1010. The lowest BCUT2D eigenvalue weighted by Crippen LogP contribution is -2.45. The second-order valence-corrected chi connectivity index (χ2v) is 11.7. The van der Waals surface area contributed by atoms with Crippen LogP contribution in [0.2, 0.25) is 0 Å². The zero-order valence-corrected chi connectivity index (χ0v) is 21.2. The van der Waals surface area contributed by atoms with Gasteiger partial charge in [0.25, 0.3) is 0 Å². The van der Waals surface area contributed by atoms with Crippen molar-refractivity contribution in [2.24, 2.45) is 0 Å². The van der Waals surface area contributed by atoms with Crippen LogP contribution in [-0.2, 0) is 14.6 Å². The third-order valence-electron chi connectivity index (χ3n) is 4.71. The molecule has 0 fully saturated rings. The number of rotatable bonds is 12. The summed E-state index contributed by atoms with van der Waals surface area (Å²) in [5.74, 6) is 0. The first-order valence-electron chi connectivity index (χ1n) is 11.0.